The number of nitrogens with two attached hydrogens (primary N) is 1. The Labute approximate surface area is 126 Å². The van der Waals surface area contributed by atoms with Crippen LogP contribution in [0.5, 0.6) is 5.75 Å². The molecule has 2 N–H and O–H groups in total. The lowest BCUT2D eigenvalue weighted by Crippen LogP contribution is -2.18. The lowest BCUT2D eigenvalue weighted by Gasteiger charge is -2.26. The summed E-state index contributed by atoms with van der Waals surface area (Å²) in [6.45, 7) is 5.96. The standard InChI is InChI=1S/C17H25N3O/c1-3-21-15-6-4-5-14-16(15)19-17(18)20(14)11-13-9-7-12(2)8-10-13/h4-6,12-13H,3,7-11H2,1-2H3,(H2,18,19). The molecule has 0 spiro atoms. The molecule has 0 amide bonds. The van der Waals surface area contributed by atoms with Crippen molar-refractivity contribution in [3.05, 3.63) is 18.2 Å². The maximum Gasteiger partial charge on any atom is 0.201 e. The molecule has 0 atom stereocenters. The second-order valence-electron chi connectivity index (χ2n) is 6.26. The van der Waals surface area contributed by atoms with Crippen LogP contribution in [0.15, 0.2) is 18.2 Å². The van der Waals surface area contributed by atoms with Gasteiger partial charge in [0.15, 0.2) is 0 Å². The van der Waals surface area contributed by atoms with Crippen LogP contribution in [0.1, 0.15) is 39.5 Å². The molecular weight excluding hydrogens is 262 g/mol. The van der Waals surface area contributed by atoms with Crippen molar-refractivity contribution in [3.8, 4) is 5.75 Å². The van der Waals surface area contributed by atoms with Gasteiger partial charge in [-0.25, -0.2) is 4.98 Å². The van der Waals surface area contributed by atoms with Crippen LogP contribution in [0, 0.1) is 11.8 Å². The number of nitrogen functional groups attached to an aromatic ring is 1. The fraction of sp³-hybridized carbons (Fsp3) is 0.588. The Balaban J connectivity index is 1.88. The van der Waals surface area contributed by atoms with Crippen LogP contribution in [-0.2, 0) is 6.54 Å². The van der Waals surface area contributed by atoms with E-state index in [2.05, 4.69) is 22.5 Å². The van der Waals surface area contributed by atoms with Crippen LogP contribution in [0.25, 0.3) is 11.0 Å². The highest BCUT2D eigenvalue weighted by Gasteiger charge is 2.21. The molecule has 4 nitrogen and oxygen atoms in total. The molecule has 1 heterocycles. The first-order valence-corrected chi connectivity index (χ1v) is 8.06. The number of anilines is 1. The van der Waals surface area contributed by atoms with Crippen LogP contribution < -0.4 is 10.5 Å². The molecule has 1 saturated carbocycles. The average molecular weight is 287 g/mol. The van der Waals surface area contributed by atoms with E-state index in [0.29, 0.717) is 12.6 Å². The molecule has 21 heavy (non-hydrogen) atoms. The highest BCUT2D eigenvalue weighted by molar-refractivity contribution is 5.84. The third kappa shape index (κ3) is 2.85. The Kier molecular flexibility index (Phi) is 4.04. The summed E-state index contributed by atoms with van der Waals surface area (Å²) in [5.41, 5.74) is 8.14. The Hall–Kier alpha value is -1.71. The van der Waals surface area contributed by atoms with Gasteiger partial charge >= 0.3 is 0 Å². The Morgan fingerprint density at radius 2 is 2.05 bits per heavy atom. The molecule has 1 fully saturated rings. The first kappa shape index (κ1) is 14.2. The third-order valence-corrected chi connectivity index (χ3v) is 4.65. The van der Waals surface area contributed by atoms with Crippen LogP contribution in [0.2, 0.25) is 0 Å². The van der Waals surface area contributed by atoms with E-state index >= 15 is 0 Å². The van der Waals surface area contributed by atoms with Crippen molar-refractivity contribution >= 4 is 17.0 Å². The van der Waals surface area contributed by atoms with Gasteiger partial charge in [-0.15, -0.1) is 0 Å². The van der Waals surface area contributed by atoms with E-state index in [1.54, 1.807) is 0 Å². The number of para-hydroxylation sites is 1. The second-order valence-corrected chi connectivity index (χ2v) is 6.26. The summed E-state index contributed by atoms with van der Waals surface area (Å²) in [4.78, 5) is 4.53. The number of nitrogens with zero attached hydrogens (tertiary/aromatic N) is 2. The first-order valence-electron chi connectivity index (χ1n) is 8.06. The highest BCUT2D eigenvalue weighted by atomic mass is 16.5. The maximum absolute atomic E-state index is 6.16. The predicted molar refractivity (Wildman–Crippen MR) is 86.4 cm³/mol. The van der Waals surface area contributed by atoms with Gasteiger partial charge in [0.05, 0.1) is 12.1 Å². The summed E-state index contributed by atoms with van der Waals surface area (Å²) in [7, 11) is 0. The summed E-state index contributed by atoms with van der Waals surface area (Å²) in [5.74, 6) is 3.04. The maximum atomic E-state index is 6.16. The lowest BCUT2D eigenvalue weighted by molar-refractivity contribution is 0.267. The number of ether oxygens (including phenoxy) is 1. The van der Waals surface area contributed by atoms with Gasteiger partial charge in [-0.1, -0.05) is 25.8 Å². The summed E-state index contributed by atoms with van der Waals surface area (Å²) in [5, 5.41) is 0. The Bertz CT molecular complexity index is 612. The number of hydrogen-bond donors (Lipinski definition) is 1. The minimum atomic E-state index is 0.607. The van der Waals surface area contributed by atoms with Crippen molar-refractivity contribution in [3.63, 3.8) is 0 Å². The first-order chi connectivity index (χ1) is 10.2. The quantitative estimate of drug-likeness (QED) is 0.929. The second kappa shape index (κ2) is 5.96. The fourth-order valence-corrected chi connectivity index (χ4v) is 3.37. The Morgan fingerprint density at radius 1 is 1.29 bits per heavy atom. The van der Waals surface area contributed by atoms with Crippen molar-refractivity contribution in [2.45, 2.75) is 46.1 Å². The molecule has 3 rings (SSSR count). The zero-order valence-corrected chi connectivity index (χ0v) is 13.0. The summed E-state index contributed by atoms with van der Waals surface area (Å²) in [6.07, 6.45) is 5.26. The minimum Gasteiger partial charge on any atom is -0.492 e. The van der Waals surface area contributed by atoms with Crippen molar-refractivity contribution in [2.24, 2.45) is 11.8 Å². The van der Waals surface area contributed by atoms with Gasteiger partial charge < -0.3 is 15.0 Å². The molecule has 1 aliphatic carbocycles. The normalized spacial score (nSPS) is 22.6. The van der Waals surface area contributed by atoms with Gasteiger partial charge in [0.25, 0.3) is 0 Å². The van der Waals surface area contributed by atoms with E-state index in [4.69, 9.17) is 10.5 Å². The molecule has 1 aliphatic rings. The average Bonchev–Trinajstić information content (AvgIpc) is 2.79. The molecule has 1 aromatic carbocycles. The summed E-state index contributed by atoms with van der Waals surface area (Å²) < 4.78 is 7.83. The third-order valence-electron chi connectivity index (χ3n) is 4.65. The molecule has 0 unspecified atom stereocenters. The van der Waals surface area contributed by atoms with Gasteiger partial charge in [0, 0.05) is 6.54 Å². The van der Waals surface area contributed by atoms with Gasteiger partial charge in [0.2, 0.25) is 5.95 Å². The molecule has 0 radical (unpaired) electrons. The zero-order valence-electron chi connectivity index (χ0n) is 13.0. The molecule has 114 valence electrons. The van der Waals surface area contributed by atoms with Crippen molar-refractivity contribution in [2.75, 3.05) is 12.3 Å². The number of rotatable bonds is 4. The zero-order chi connectivity index (χ0) is 14.8. The Morgan fingerprint density at radius 3 is 2.76 bits per heavy atom. The highest BCUT2D eigenvalue weighted by Crippen LogP contribution is 2.32. The van der Waals surface area contributed by atoms with E-state index in [0.717, 1.165) is 35.2 Å². The van der Waals surface area contributed by atoms with E-state index in [-0.39, 0.29) is 0 Å². The van der Waals surface area contributed by atoms with E-state index in [1.807, 2.05) is 19.1 Å². The van der Waals surface area contributed by atoms with Gasteiger partial charge in [-0.2, -0.15) is 0 Å². The number of imidazole rings is 1. The summed E-state index contributed by atoms with van der Waals surface area (Å²) >= 11 is 0. The van der Waals surface area contributed by atoms with Gasteiger partial charge in [-0.05, 0) is 43.7 Å². The molecule has 4 heteroatoms. The van der Waals surface area contributed by atoms with Crippen LogP contribution in [0.4, 0.5) is 5.95 Å². The van der Waals surface area contributed by atoms with Crippen LogP contribution in [-0.4, -0.2) is 16.2 Å². The molecule has 0 bridgehead atoms. The largest absolute Gasteiger partial charge is 0.492 e. The lowest BCUT2D eigenvalue weighted by atomic mass is 9.83. The van der Waals surface area contributed by atoms with Crippen molar-refractivity contribution in [1.82, 2.24) is 9.55 Å². The van der Waals surface area contributed by atoms with Gasteiger partial charge in [0.1, 0.15) is 11.3 Å². The summed E-state index contributed by atoms with van der Waals surface area (Å²) in [6, 6.07) is 6.07. The van der Waals surface area contributed by atoms with Crippen LogP contribution in [0.3, 0.4) is 0 Å². The van der Waals surface area contributed by atoms with E-state index in [9.17, 15) is 0 Å². The van der Waals surface area contributed by atoms with Gasteiger partial charge in [-0.3, -0.25) is 0 Å². The molecule has 2 aromatic rings. The topological polar surface area (TPSA) is 53.1 Å². The van der Waals surface area contributed by atoms with Crippen LogP contribution >= 0.6 is 0 Å². The molecular formula is C17H25N3O. The number of benzene rings is 1. The van der Waals surface area contributed by atoms with Crippen molar-refractivity contribution in [1.29, 1.82) is 0 Å². The predicted octanol–water partition coefficient (Wildman–Crippen LogP) is 3.84. The number of aromatic nitrogens is 2. The molecule has 0 saturated heterocycles. The SMILES string of the molecule is CCOc1cccc2c1nc(N)n2CC1CCC(C)CC1. The van der Waals surface area contributed by atoms with Crippen molar-refractivity contribution < 1.29 is 4.74 Å². The van der Waals surface area contributed by atoms with E-state index in [1.165, 1.54) is 25.7 Å². The number of hydrogen-bond acceptors (Lipinski definition) is 3. The molecule has 0 aliphatic heterocycles. The smallest absolute Gasteiger partial charge is 0.201 e. The minimum absolute atomic E-state index is 0.607. The monoisotopic (exact) mass is 287 g/mol. The number of fused-ring (bicyclic) bond motifs is 1. The van der Waals surface area contributed by atoms with E-state index < -0.39 is 0 Å². The fourth-order valence-electron chi connectivity index (χ4n) is 3.37. The molecule has 1 aromatic heterocycles.